The quantitative estimate of drug-likeness (QED) is 0.831. The summed E-state index contributed by atoms with van der Waals surface area (Å²) >= 11 is 1.87. The van der Waals surface area contributed by atoms with Gasteiger partial charge < -0.3 is 5.32 Å². The highest BCUT2D eigenvalue weighted by Gasteiger charge is 2.18. The number of hydrogen-bond acceptors (Lipinski definition) is 3. The van der Waals surface area contributed by atoms with E-state index in [4.69, 9.17) is 0 Å². The summed E-state index contributed by atoms with van der Waals surface area (Å²) in [6.07, 6.45) is 3.68. The summed E-state index contributed by atoms with van der Waals surface area (Å²) in [5.41, 5.74) is 1.33. The van der Waals surface area contributed by atoms with Crippen LogP contribution in [0.4, 0.5) is 0 Å². The molecule has 1 aromatic heterocycles. The highest BCUT2D eigenvalue weighted by Crippen LogP contribution is 2.31. The summed E-state index contributed by atoms with van der Waals surface area (Å²) < 4.78 is 0. The molecule has 0 saturated heterocycles. The van der Waals surface area contributed by atoms with Crippen LogP contribution < -0.4 is 5.32 Å². The molecule has 2 aromatic rings. The van der Waals surface area contributed by atoms with Gasteiger partial charge in [-0.05, 0) is 24.7 Å². The molecule has 0 spiro atoms. The van der Waals surface area contributed by atoms with Crippen LogP contribution in [0.2, 0.25) is 0 Å². The molecular weight excluding hydrogens is 240 g/mol. The molecule has 0 aliphatic heterocycles. The predicted octanol–water partition coefficient (Wildman–Crippen LogP) is 3.52. The van der Waals surface area contributed by atoms with Crippen molar-refractivity contribution >= 4 is 11.8 Å². The molecule has 0 aliphatic carbocycles. The van der Waals surface area contributed by atoms with Crippen LogP contribution in [-0.2, 0) is 0 Å². The standard InChI is InChI=1S/C15H18N2S/c1-12(18-14-8-10-17-11-9-14)15(16-2)13-6-4-3-5-7-13/h3-12,15-16H,1-2H3. The van der Waals surface area contributed by atoms with Crippen molar-refractivity contribution in [3.05, 3.63) is 60.4 Å². The second-order valence-corrected chi connectivity index (χ2v) is 5.63. The Balaban J connectivity index is 2.09. The third-order valence-electron chi connectivity index (χ3n) is 2.91. The van der Waals surface area contributed by atoms with Crippen LogP contribution in [-0.4, -0.2) is 17.3 Å². The van der Waals surface area contributed by atoms with Crippen LogP contribution in [0.5, 0.6) is 0 Å². The van der Waals surface area contributed by atoms with Crippen molar-refractivity contribution in [3.8, 4) is 0 Å². The van der Waals surface area contributed by atoms with E-state index in [2.05, 4.69) is 59.7 Å². The van der Waals surface area contributed by atoms with Crippen LogP contribution in [0.3, 0.4) is 0 Å². The molecule has 0 fully saturated rings. The molecule has 0 saturated carbocycles. The Hall–Kier alpha value is -1.32. The van der Waals surface area contributed by atoms with Crippen molar-refractivity contribution < 1.29 is 0 Å². The van der Waals surface area contributed by atoms with Crippen molar-refractivity contribution in [2.45, 2.75) is 23.1 Å². The largest absolute Gasteiger partial charge is 0.312 e. The van der Waals surface area contributed by atoms with Crippen molar-refractivity contribution in [1.82, 2.24) is 10.3 Å². The number of nitrogens with zero attached hydrogens (tertiary/aromatic N) is 1. The average Bonchev–Trinajstić information content (AvgIpc) is 2.42. The molecule has 1 heterocycles. The summed E-state index contributed by atoms with van der Waals surface area (Å²) in [6.45, 7) is 2.25. The summed E-state index contributed by atoms with van der Waals surface area (Å²) in [6, 6.07) is 15.0. The number of hydrogen-bond donors (Lipinski definition) is 1. The molecule has 0 bridgehead atoms. The fourth-order valence-electron chi connectivity index (χ4n) is 2.03. The predicted molar refractivity (Wildman–Crippen MR) is 77.8 cm³/mol. The minimum absolute atomic E-state index is 0.351. The van der Waals surface area contributed by atoms with E-state index in [9.17, 15) is 0 Å². The Kier molecular flexibility index (Phi) is 4.79. The van der Waals surface area contributed by atoms with E-state index in [0.29, 0.717) is 11.3 Å². The summed E-state index contributed by atoms with van der Waals surface area (Å²) in [5.74, 6) is 0. The fraction of sp³-hybridized carbons (Fsp3) is 0.267. The molecule has 94 valence electrons. The van der Waals surface area contributed by atoms with Gasteiger partial charge in [-0.2, -0.15) is 0 Å². The monoisotopic (exact) mass is 258 g/mol. The van der Waals surface area contributed by atoms with E-state index in [1.54, 1.807) is 0 Å². The van der Waals surface area contributed by atoms with Crippen LogP contribution >= 0.6 is 11.8 Å². The van der Waals surface area contributed by atoms with Crippen LogP contribution in [0.25, 0.3) is 0 Å². The van der Waals surface area contributed by atoms with Gasteiger partial charge in [0, 0.05) is 28.6 Å². The van der Waals surface area contributed by atoms with Crippen molar-refractivity contribution in [1.29, 1.82) is 0 Å². The third-order valence-corrected chi connectivity index (χ3v) is 4.10. The topological polar surface area (TPSA) is 24.9 Å². The zero-order chi connectivity index (χ0) is 12.8. The lowest BCUT2D eigenvalue weighted by Gasteiger charge is -2.23. The van der Waals surface area contributed by atoms with E-state index >= 15 is 0 Å². The minimum atomic E-state index is 0.351. The molecule has 2 atom stereocenters. The average molecular weight is 258 g/mol. The van der Waals surface area contributed by atoms with Gasteiger partial charge >= 0.3 is 0 Å². The van der Waals surface area contributed by atoms with Crippen LogP contribution in [0, 0.1) is 0 Å². The number of pyridine rings is 1. The lowest BCUT2D eigenvalue weighted by molar-refractivity contribution is 0.589. The molecular formula is C15H18N2S. The first kappa shape index (κ1) is 13.1. The highest BCUT2D eigenvalue weighted by atomic mass is 32.2. The van der Waals surface area contributed by atoms with Gasteiger partial charge in [-0.3, -0.25) is 4.98 Å². The maximum absolute atomic E-state index is 4.05. The van der Waals surface area contributed by atoms with Crippen molar-refractivity contribution in [3.63, 3.8) is 0 Å². The number of rotatable bonds is 5. The SMILES string of the molecule is CNC(c1ccccc1)C(C)Sc1ccncc1. The number of nitrogens with one attached hydrogen (secondary N) is 1. The Morgan fingerprint density at radius 1 is 1.06 bits per heavy atom. The molecule has 3 heteroatoms. The Morgan fingerprint density at radius 2 is 1.72 bits per heavy atom. The summed E-state index contributed by atoms with van der Waals surface area (Å²) in [5, 5.41) is 3.86. The Morgan fingerprint density at radius 3 is 2.33 bits per heavy atom. The van der Waals surface area contributed by atoms with Gasteiger partial charge in [0.25, 0.3) is 0 Å². The minimum Gasteiger partial charge on any atom is -0.312 e. The van der Waals surface area contributed by atoms with E-state index in [1.807, 2.05) is 31.2 Å². The van der Waals surface area contributed by atoms with Gasteiger partial charge in [-0.25, -0.2) is 0 Å². The molecule has 2 unspecified atom stereocenters. The maximum atomic E-state index is 4.05. The molecule has 1 aromatic carbocycles. The molecule has 2 nitrogen and oxygen atoms in total. The summed E-state index contributed by atoms with van der Waals surface area (Å²) in [7, 11) is 2.02. The zero-order valence-electron chi connectivity index (χ0n) is 10.7. The number of thioether (sulfide) groups is 1. The van der Waals surface area contributed by atoms with Gasteiger partial charge in [0.05, 0.1) is 0 Å². The fourth-order valence-corrected chi connectivity index (χ4v) is 3.17. The van der Waals surface area contributed by atoms with Gasteiger partial charge in [0.1, 0.15) is 0 Å². The van der Waals surface area contributed by atoms with E-state index in [1.165, 1.54) is 10.5 Å². The third kappa shape index (κ3) is 3.34. The van der Waals surface area contributed by atoms with Crippen LogP contribution in [0.1, 0.15) is 18.5 Å². The Labute approximate surface area is 113 Å². The van der Waals surface area contributed by atoms with Crippen LogP contribution in [0.15, 0.2) is 59.8 Å². The Bertz CT molecular complexity index is 458. The second-order valence-electron chi connectivity index (χ2n) is 4.18. The van der Waals surface area contributed by atoms with Gasteiger partial charge in [0.2, 0.25) is 0 Å². The van der Waals surface area contributed by atoms with Gasteiger partial charge in [-0.15, -0.1) is 11.8 Å². The first-order valence-corrected chi connectivity index (χ1v) is 6.98. The van der Waals surface area contributed by atoms with Crippen molar-refractivity contribution in [2.75, 3.05) is 7.05 Å². The molecule has 18 heavy (non-hydrogen) atoms. The molecule has 0 radical (unpaired) electrons. The first-order chi connectivity index (χ1) is 8.81. The van der Waals surface area contributed by atoms with E-state index < -0.39 is 0 Å². The molecule has 0 aliphatic rings. The normalized spacial score (nSPS) is 14.1. The lowest BCUT2D eigenvalue weighted by atomic mass is 10.0. The summed E-state index contributed by atoms with van der Waals surface area (Å²) in [4.78, 5) is 5.30. The smallest absolute Gasteiger partial charge is 0.0438 e. The second kappa shape index (κ2) is 6.57. The van der Waals surface area contributed by atoms with Gasteiger partial charge in [0.15, 0.2) is 0 Å². The lowest BCUT2D eigenvalue weighted by Crippen LogP contribution is -2.25. The number of benzene rings is 1. The van der Waals surface area contributed by atoms with E-state index in [-0.39, 0.29) is 0 Å². The highest BCUT2D eigenvalue weighted by molar-refractivity contribution is 8.00. The molecule has 0 amide bonds. The van der Waals surface area contributed by atoms with Crippen molar-refractivity contribution in [2.24, 2.45) is 0 Å². The molecule has 2 rings (SSSR count). The van der Waals surface area contributed by atoms with E-state index in [0.717, 1.165) is 0 Å². The number of aromatic nitrogens is 1. The maximum Gasteiger partial charge on any atom is 0.0438 e. The zero-order valence-corrected chi connectivity index (χ0v) is 11.5. The molecule has 1 N–H and O–H groups in total. The van der Waals surface area contributed by atoms with Gasteiger partial charge in [-0.1, -0.05) is 37.3 Å². The first-order valence-electron chi connectivity index (χ1n) is 6.10.